The molecule has 1 aromatic heterocycles. The molecule has 0 aromatic carbocycles. The molecule has 2 heterocycles. The number of pyridine rings is 1. The summed E-state index contributed by atoms with van der Waals surface area (Å²) >= 11 is 0. The van der Waals surface area contributed by atoms with Gasteiger partial charge < -0.3 is 4.90 Å². The molecular weight excluding hydrogens is 242 g/mol. The maximum absolute atomic E-state index is 12.0. The van der Waals surface area contributed by atoms with E-state index in [1.54, 1.807) is 17.3 Å². The molecule has 1 aliphatic rings. The van der Waals surface area contributed by atoms with Gasteiger partial charge in [0.25, 0.3) is 5.91 Å². The fraction of sp³-hybridized carbons (Fsp3) is 0.500. The normalized spacial score (nSPS) is 17.7. The van der Waals surface area contributed by atoms with E-state index in [1.165, 1.54) is 0 Å². The SMILES string of the molecule is CCC1(CC)C(=O)NC(=O)N1CCc1cccnc1. The maximum Gasteiger partial charge on any atom is 0.325 e. The Hall–Kier alpha value is -1.91. The molecule has 1 aliphatic heterocycles. The number of hydrogen-bond donors (Lipinski definition) is 1. The maximum atomic E-state index is 12.0. The molecule has 19 heavy (non-hydrogen) atoms. The van der Waals surface area contributed by atoms with E-state index < -0.39 is 5.54 Å². The van der Waals surface area contributed by atoms with Crippen LogP contribution in [0.3, 0.4) is 0 Å². The topological polar surface area (TPSA) is 62.3 Å². The van der Waals surface area contributed by atoms with Crippen molar-refractivity contribution < 1.29 is 9.59 Å². The van der Waals surface area contributed by atoms with E-state index in [4.69, 9.17) is 0 Å². The zero-order chi connectivity index (χ0) is 13.9. The first-order valence-corrected chi connectivity index (χ1v) is 6.66. The molecule has 0 unspecified atom stereocenters. The molecule has 2 rings (SSSR count). The highest BCUT2D eigenvalue weighted by atomic mass is 16.2. The van der Waals surface area contributed by atoms with Gasteiger partial charge >= 0.3 is 6.03 Å². The number of imide groups is 1. The minimum atomic E-state index is -0.681. The first kappa shape index (κ1) is 13.5. The van der Waals surface area contributed by atoms with E-state index in [1.807, 2.05) is 26.0 Å². The number of urea groups is 1. The van der Waals surface area contributed by atoms with Crippen LogP contribution in [0, 0.1) is 0 Å². The number of nitrogens with zero attached hydrogens (tertiary/aromatic N) is 2. The second-order valence-electron chi connectivity index (χ2n) is 4.76. The zero-order valence-corrected chi connectivity index (χ0v) is 11.3. The molecule has 5 heteroatoms. The predicted molar refractivity (Wildman–Crippen MR) is 71.5 cm³/mol. The van der Waals surface area contributed by atoms with Crippen molar-refractivity contribution in [1.29, 1.82) is 0 Å². The molecule has 0 radical (unpaired) electrons. The number of rotatable bonds is 5. The standard InChI is InChI=1S/C14H19N3O2/c1-3-14(4-2)12(18)16-13(19)17(14)9-7-11-6-5-8-15-10-11/h5-6,8,10H,3-4,7,9H2,1-2H3,(H,16,18,19). The molecule has 1 saturated heterocycles. The molecule has 1 aromatic rings. The average Bonchev–Trinajstić information content (AvgIpc) is 2.68. The lowest BCUT2D eigenvalue weighted by Crippen LogP contribution is -2.49. The van der Waals surface area contributed by atoms with Crippen LogP contribution in [0.15, 0.2) is 24.5 Å². The number of hydrogen-bond acceptors (Lipinski definition) is 3. The Bertz CT molecular complexity index is 469. The van der Waals surface area contributed by atoms with Crippen LogP contribution in [-0.2, 0) is 11.2 Å². The summed E-state index contributed by atoms with van der Waals surface area (Å²) in [4.78, 5) is 29.6. The molecule has 0 saturated carbocycles. The molecule has 102 valence electrons. The average molecular weight is 261 g/mol. The fourth-order valence-corrected chi connectivity index (χ4v) is 2.65. The molecule has 0 bridgehead atoms. The van der Waals surface area contributed by atoms with Gasteiger partial charge in [-0.05, 0) is 30.9 Å². The smallest absolute Gasteiger partial charge is 0.309 e. The van der Waals surface area contributed by atoms with Gasteiger partial charge in [0, 0.05) is 18.9 Å². The Morgan fingerprint density at radius 3 is 2.63 bits per heavy atom. The van der Waals surface area contributed by atoms with E-state index >= 15 is 0 Å². The third kappa shape index (κ3) is 2.32. The molecule has 5 nitrogen and oxygen atoms in total. The van der Waals surface area contributed by atoms with Crippen molar-refractivity contribution in [1.82, 2.24) is 15.2 Å². The third-order valence-corrected chi connectivity index (χ3v) is 3.92. The summed E-state index contributed by atoms with van der Waals surface area (Å²) < 4.78 is 0. The minimum Gasteiger partial charge on any atom is -0.309 e. The summed E-state index contributed by atoms with van der Waals surface area (Å²) in [5.74, 6) is -0.173. The second-order valence-corrected chi connectivity index (χ2v) is 4.76. The molecule has 1 fully saturated rings. The first-order valence-electron chi connectivity index (χ1n) is 6.66. The number of nitrogens with one attached hydrogen (secondary N) is 1. The fourth-order valence-electron chi connectivity index (χ4n) is 2.65. The summed E-state index contributed by atoms with van der Waals surface area (Å²) in [5, 5.41) is 2.43. The predicted octanol–water partition coefficient (Wildman–Crippen LogP) is 1.73. The molecule has 0 spiro atoms. The van der Waals surface area contributed by atoms with Gasteiger partial charge in [-0.1, -0.05) is 19.9 Å². The van der Waals surface area contributed by atoms with Crippen molar-refractivity contribution in [3.05, 3.63) is 30.1 Å². The lowest BCUT2D eigenvalue weighted by Gasteiger charge is -2.33. The van der Waals surface area contributed by atoms with Crippen LogP contribution in [-0.4, -0.2) is 33.9 Å². The Kier molecular flexibility index (Phi) is 3.83. The van der Waals surface area contributed by atoms with Crippen molar-refractivity contribution in [3.63, 3.8) is 0 Å². The summed E-state index contributed by atoms with van der Waals surface area (Å²) in [6.45, 7) is 4.42. The van der Waals surface area contributed by atoms with Crippen LogP contribution in [0.4, 0.5) is 4.79 Å². The van der Waals surface area contributed by atoms with Gasteiger partial charge in [-0.2, -0.15) is 0 Å². The minimum absolute atomic E-state index is 0.173. The molecule has 0 atom stereocenters. The van der Waals surface area contributed by atoms with Crippen molar-refractivity contribution in [3.8, 4) is 0 Å². The molecule has 0 aliphatic carbocycles. The second kappa shape index (κ2) is 5.38. The van der Waals surface area contributed by atoms with Gasteiger partial charge in [-0.15, -0.1) is 0 Å². The Morgan fingerprint density at radius 2 is 2.05 bits per heavy atom. The molecule has 3 amide bonds. The van der Waals surface area contributed by atoms with Gasteiger partial charge in [-0.25, -0.2) is 4.79 Å². The van der Waals surface area contributed by atoms with Crippen LogP contribution in [0.25, 0.3) is 0 Å². The highest BCUT2D eigenvalue weighted by Crippen LogP contribution is 2.29. The van der Waals surface area contributed by atoms with Gasteiger partial charge in [0.1, 0.15) is 5.54 Å². The van der Waals surface area contributed by atoms with Crippen LogP contribution in [0.2, 0.25) is 0 Å². The van der Waals surface area contributed by atoms with Gasteiger partial charge in [-0.3, -0.25) is 15.1 Å². The zero-order valence-electron chi connectivity index (χ0n) is 11.3. The van der Waals surface area contributed by atoms with E-state index in [9.17, 15) is 9.59 Å². The summed E-state index contributed by atoms with van der Waals surface area (Å²) in [6.07, 6.45) is 5.48. The number of carbonyl (C=O) groups is 2. The van der Waals surface area contributed by atoms with Gasteiger partial charge in [0.2, 0.25) is 0 Å². The van der Waals surface area contributed by atoms with Crippen LogP contribution < -0.4 is 5.32 Å². The summed E-state index contributed by atoms with van der Waals surface area (Å²) in [5.41, 5.74) is 0.384. The van der Waals surface area contributed by atoms with Crippen molar-refractivity contribution >= 4 is 11.9 Å². The lowest BCUT2D eigenvalue weighted by atomic mass is 9.91. The van der Waals surface area contributed by atoms with E-state index in [-0.39, 0.29) is 11.9 Å². The van der Waals surface area contributed by atoms with Crippen LogP contribution >= 0.6 is 0 Å². The largest absolute Gasteiger partial charge is 0.325 e. The third-order valence-electron chi connectivity index (χ3n) is 3.92. The van der Waals surface area contributed by atoms with E-state index in [2.05, 4.69) is 10.3 Å². The van der Waals surface area contributed by atoms with Gasteiger partial charge in [0.15, 0.2) is 0 Å². The van der Waals surface area contributed by atoms with Crippen molar-refractivity contribution in [2.75, 3.05) is 6.54 Å². The highest BCUT2D eigenvalue weighted by Gasteiger charge is 2.49. The number of aromatic nitrogens is 1. The van der Waals surface area contributed by atoms with Gasteiger partial charge in [0.05, 0.1) is 0 Å². The first-order chi connectivity index (χ1) is 9.14. The summed E-state index contributed by atoms with van der Waals surface area (Å²) in [7, 11) is 0. The van der Waals surface area contributed by atoms with E-state index in [0.29, 0.717) is 25.8 Å². The number of amides is 3. The molecular formula is C14H19N3O2. The Labute approximate surface area is 113 Å². The highest BCUT2D eigenvalue weighted by molar-refractivity contribution is 6.06. The Balaban J connectivity index is 2.13. The lowest BCUT2D eigenvalue weighted by molar-refractivity contribution is -0.127. The van der Waals surface area contributed by atoms with Crippen molar-refractivity contribution in [2.24, 2.45) is 0 Å². The Morgan fingerprint density at radius 1 is 1.32 bits per heavy atom. The number of carbonyl (C=O) groups excluding carboxylic acids is 2. The van der Waals surface area contributed by atoms with Crippen molar-refractivity contribution in [2.45, 2.75) is 38.6 Å². The summed E-state index contributed by atoms with van der Waals surface area (Å²) in [6, 6.07) is 3.57. The van der Waals surface area contributed by atoms with E-state index in [0.717, 1.165) is 5.56 Å². The van der Waals surface area contributed by atoms with Crippen LogP contribution in [0.5, 0.6) is 0 Å². The molecule has 1 N–H and O–H groups in total. The monoisotopic (exact) mass is 261 g/mol. The van der Waals surface area contributed by atoms with Crippen LogP contribution in [0.1, 0.15) is 32.3 Å². The quantitative estimate of drug-likeness (QED) is 0.821.